The molecule has 0 aliphatic rings. The van der Waals surface area contributed by atoms with Gasteiger partial charge in [0.2, 0.25) is 0 Å². The van der Waals surface area contributed by atoms with Crippen LogP contribution in [0.3, 0.4) is 0 Å². The lowest BCUT2D eigenvalue weighted by atomic mass is 10.1. The van der Waals surface area contributed by atoms with Gasteiger partial charge in [0.1, 0.15) is 0 Å². The second-order valence-corrected chi connectivity index (χ2v) is 6.01. The van der Waals surface area contributed by atoms with Crippen LogP contribution >= 0.6 is 15.9 Å². The summed E-state index contributed by atoms with van der Waals surface area (Å²) in [6.07, 6.45) is 0.970. The fourth-order valence-electron chi connectivity index (χ4n) is 2.27. The number of aryl methyl sites for hydroxylation is 1. The molecule has 0 aromatic heterocycles. The summed E-state index contributed by atoms with van der Waals surface area (Å²) >= 11 is 3.46. The highest BCUT2D eigenvalue weighted by atomic mass is 79.9. The molecular formula is C19H22BrNO3. The molecule has 0 aliphatic carbocycles. The van der Waals surface area contributed by atoms with Gasteiger partial charge in [-0.1, -0.05) is 19.1 Å². The summed E-state index contributed by atoms with van der Waals surface area (Å²) in [5.41, 5.74) is 2.50. The molecule has 1 N–H and O–H groups in total. The van der Waals surface area contributed by atoms with Crippen molar-refractivity contribution >= 4 is 27.5 Å². The van der Waals surface area contributed by atoms with Crippen LogP contribution in [0.5, 0.6) is 11.5 Å². The molecule has 0 atom stereocenters. The first-order valence-corrected chi connectivity index (χ1v) is 8.87. The Morgan fingerprint density at radius 1 is 1.04 bits per heavy atom. The van der Waals surface area contributed by atoms with Crippen molar-refractivity contribution in [2.75, 3.05) is 18.5 Å². The highest BCUT2D eigenvalue weighted by Crippen LogP contribution is 2.37. The van der Waals surface area contributed by atoms with Gasteiger partial charge in [-0.2, -0.15) is 0 Å². The van der Waals surface area contributed by atoms with E-state index in [0.29, 0.717) is 34.7 Å². The summed E-state index contributed by atoms with van der Waals surface area (Å²) in [5, 5.41) is 2.90. The van der Waals surface area contributed by atoms with Crippen LogP contribution in [-0.2, 0) is 6.42 Å². The van der Waals surface area contributed by atoms with Crippen LogP contribution in [-0.4, -0.2) is 19.1 Å². The van der Waals surface area contributed by atoms with Crippen LogP contribution < -0.4 is 14.8 Å². The third-order valence-electron chi connectivity index (χ3n) is 3.48. The normalized spacial score (nSPS) is 10.3. The van der Waals surface area contributed by atoms with E-state index in [9.17, 15) is 4.79 Å². The monoisotopic (exact) mass is 391 g/mol. The van der Waals surface area contributed by atoms with Crippen molar-refractivity contribution in [3.05, 3.63) is 52.0 Å². The Bertz CT molecular complexity index is 699. The Labute approximate surface area is 151 Å². The van der Waals surface area contributed by atoms with Gasteiger partial charge in [0.25, 0.3) is 5.91 Å². The Kier molecular flexibility index (Phi) is 6.67. The molecule has 128 valence electrons. The Morgan fingerprint density at radius 3 is 2.29 bits per heavy atom. The van der Waals surface area contributed by atoms with E-state index in [4.69, 9.17) is 9.47 Å². The first kappa shape index (κ1) is 18.3. The van der Waals surface area contributed by atoms with Crippen LogP contribution in [0.1, 0.15) is 36.7 Å². The van der Waals surface area contributed by atoms with Gasteiger partial charge in [0.05, 0.1) is 17.7 Å². The number of rotatable bonds is 7. The number of anilines is 1. The third-order valence-corrected chi connectivity index (χ3v) is 4.07. The summed E-state index contributed by atoms with van der Waals surface area (Å²) in [4.78, 5) is 12.5. The Hall–Kier alpha value is -2.01. The van der Waals surface area contributed by atoms with E-state index >= 15 is 0 Å². The molecule has 5 heteroatoms. The third kappa shape index (κ3) is 4.51. The Morgan fingerprint density at radius 2 is 1.71 bits per heavy atom. The highest BCUT2D eigenvalue weighted by Gasteiger charge is 2.16. The number of hydrogen-bond acceptors (Lipinski definition) is 3. The summed E-state index contributed by atoms with van der Waals surface area (Å²) in [7, 11) is 0. The van der Waals surface area contributed by atoms with E-state index in [1.165, 1.54) is 5.56 Å². The molecule has 0 unspecified atom stereocenters. The Balaban J connectivity index is 2.24. The minimum absolute atomic E-state index is 0.191. The lowest BCUT2D eigenvalue weighted by Crippen LogP contribution is -2.12. The van der Waals surface area contributed by atoms with Gasteiger partial charge < -0.3 is 14.8 Å². The van der Waals surface area contributed by atoms with Crippen molar-refractivity contribution in [2.45, 2.75) is 27.2 Å². The van der Waals surface area contributed by atoms with Crippen molar-refractivity contribution in [2.24, 2.45) is 0 Å². The molecule has 2 rings (SSSR count). The number of benzene rings is 2. The average Bonchev–Trinajstić information content (AvgIpc) is 2.58. The van der Waals surface area contributed by atoms with E-state index in [0.717, 1.165) is 12.1 Å². The van der Waals surface area contributed by atoms with Crippen molar-refractivity contribution in [3.63, 3.8) is 0 Å². The lowest BCUT2D eigenvalue weighted by Gasteiger charge is -2.14. The fourth-order valence-corrected chi connectivity index (χ4v) is 2.83. The van der Waals surface area contributed by atoms with Gasteiger partial charge in [-0.05, 0) is 66.0 Å². The molecule has 0 fully saturated rings. The van der Waals surface area contributed by atoms with Gasteiger partial charge >= 0.3 is 0 Å². The number of ether oxygens (including phenoxy) is 2. The van der Waals surface area contributed by atoms with Gasteiger partial charge in [-0.15, -0.1) is 0 Å². The molecule has 2 aromatic rings. The smallest absolute Gasteiger partial charge is 0.255 e. The zero-order valence-electron chi connectivity index (χ0n) is 14.2. The molecule has 4 nitrogen and oxygen atoms in total. The second kappa shape index (κ2) is 8.73. The first-order valence-electron chi connectivity index (χ1n) is 8.08. The van der Waals surface area contributed by atoms with Crippen LogP contribution in [0.25, 0.3) is 0 Å². The molecule has 2 aromatic carbocycles. The zero-order valence-corrected chi connectivity index (χ0v) is 15.8. The molecular weight excluding hydrogens is 370 g/mol. The molecule has 0 aliphatic heterocycles. The SMILES string of the molecule is CCOc1cc(C(=O)Nc2ccc(CC)cc2)cc(Br)c1OCC. The summed E-state index contributed by atoms with van der Waals surface area (Å²) < 4.78 is 11.9. The van der Waals surface area contributed by atoms with E-state index in [1.807, 2.05) is 38.1 Å². The van der Waals surface area contributed by atoms with E-state index < -0.39 is 0 Å². The van der Waals surface area contributed by atoms with Gasteiger partial charge in [-0.25, -0.2) is 0 Å². The number of nitrogens with one attached hydrogen (secondary N) is 1. The zero-order chi connectivity index (χ0) is 17.5. The number of halogens is 1. The number of carbonyl (C=O) groups excluding carboxylic acids is 1. The topological polar surface area (TPSA) is 47.6 Å². The minimum Gasteiger partial charge on any atom is -0.490 e. The molecule has 24 heavy (non-hydrogen) atoms. The van der Waals surface area contributed by atoms with E-state index in [1.54, 1.807) is 12.1 Å². The molecule has 0 heterocycles. The summed E-state index contributed by atoms with van der Waals surface area (Å²) in [6, 6.07) is 11.3. The predicted octanol–water partition coefficient (Wildman–Crippen LogP) is 5.06. The molecule has 1 amide bonds. The van der Waals surface area contributed by atoms with Gasteiger partial charge in [0, 0.05) is 11.3 Å². The summed E-state index contributed by atoms with van der Waals surface area (Å²) in [6.45, 7) is 6.92. The molecule has 0 saturated heterocycles. The van der Waals surface area contributed by atoms with Crippen molar-refractivity contribution < 1.29 is 14.3 Å². The van der Waals surface area contributed by atoms with Gasteiger partial charge in [-0.3, -0.25) is 4.79 Å². The minimum atomic E-state index is -0.191. The van der Waals surface area contributed by atoms with Crippen LogP contribution in [0.15, 0.2) is 40.9 Å². The standard InChI is InChI=1S/C19H22BrNO3/c1-4-13-7-9-15(10-8-13)21-19(22)14-11-16(20)18(24-6-3)17(12-14)23-5-2/h7-12H,4-6H2,1-3H3,(H,21,22). The maximum atomic E-state index is 12.5. The second-order valence-electron chi connectivity index (χ2n) is 5.16. The van der Waals surface area contributed by atoms with Crippen molar-refractivity contribution in [1.29, 1.82) is 0 Å². The predicted molar refractivity (Wildman–Crippen MR) is 100 cm³/mol. The van der Waals surface area contributed by atoms with Crippen molar-refractivity contribution in [1.82, 2.24) is 0 Å². The maximum absolute atomic E-state index is 12.5. The lowest BCUT2D eigenvalue weighted by molar-refractivity contribution is 0.102. The van der Waals surface area contributed by atoms with Crippen LogP contribution in [0.4, 0.5) is 5.69 Å². The summed E-state index contributed by atoms with van der Waals surface area (Å²) in [5.74, 6) is 0.979. The molecule has 0 radical (unpaired) electrons. The first-order chi connectivity index (χ1) is 11.6. The fraction of sp³-hybridized carbons (Fsp3) is 0.316. The molecule has 0 bridgehead atoms. The number of carbonyl (C=O) groups is 1. The quantitative estimate of drug-likeness (QED) is 0.717. The van der Waals surface area contributed by atoms with Crippen LogP contribution in [0, 0.1) is 0 Å². The average molecular weight is 392 g/mol. The number of hydrogen-bond donors (Lipinski definition) is 1. The molecule has 0 spiro atoms. The van der Waals surface area contributed by atoms with Gasteiger partial charge in [0.15, 0.2) is 11.5 Å². The van der Waals surface area contributed by atoms with Crippen molar-refractivity contribution in [3.8, 4) is 11.5 Å². The molecule has 0 saturated carbocycles. The maximum Gasteiger partial charge on any atom is 0.255 e. The largest absolute Gasteiger partial charge is 0.490 e. The highest BCUT2D eigenvalue weighted by molar-refractivity contribution is 9.10. The van der Waals surface area contributed by atoms with Crippen LogP contribution in [0.2, 0.25) is 0 Å². The number of amides is 1. The van der Waals surface area contributed by atoms with E-state index in [-0.39, 0.29) is 5.91 Å². The van der Waals surface area contributed by atoms with E-state index in [2.05, 4.69) is 28.2 Å².